The van der Waals surface area contributed by atoms with Crippen LogP contribution >= 0.6 is 11.3 Å². The van der Waals surface area contributed by atoms with Crippen LogP contribution in [0.2, 0.25) is 0 Å². The Balaban J connectivity index is 2.01. The lowest BCUT2D eigenvalue weighted by molar-refractivity contribution is -0.0440. The molecular formula is C13H22N4O2S. The number of nitrogens with one attached hydrogen (secondary N) is 1. The first-order valence-corrected chi connectivity index (χ1v) is 7.81. The molecule has 2 rings (SSSR count). The van der Waals surface area contributed by atoms with Crippen LogP contribution in [0.25, 0.3) is 0 Å². The van der Waals surface area contributed by atoms with Gasteiger partial charge in [-0.1, -0.05) is 18.3 Å². The molecule has 0 radical (unpaired) electrons. The van der Waals surface area contributed by atoms with Crippen molar-refractivity contribution in [3.63, 3.8) is 0 Å². The second-order valence-electron chi connectivity index (χ2n) is 5.32. The van der Waals surface area contributed by atoms with Gasteiger partial charge in [-0.25, -0.2) is 0 Å². The molecule has 7 heteroatoms. The van der Waals surface area contributed by atoms with Crippen LogP contribution in [-0.4, -0.2) is 53.3 Å². The van der Waals surface area contributed by atoms with Crippen molar-refractivity contribution in [3.05, 3.63) is 5.01 Å². The number of rotatable bonds is 5. The molecule has 0 aliphatic carbocycles. The quantitative estimate of drug-likeness (QED) is 0.900. The maximum absolute atomic E-state index is 12.4. The van der Waals surface area contributed by atoms with E-state index in [1.807, 2.05) is 11.8 Å². The molecule has 1 aromatic rings. The largest absolute Gasteiger partial charge is 0.377 e. The van der Waals surface area contributed by atoms with Crippen LogP contribution < -0.4 is 5.32 Å². The fraction of sp³-hybridized carbons (Fsp3) is 0.769. The highest BCUT2D eigenvalue weighted by molar-refractivity contribution is 7.17. The number of anilines is 1. The normalized spacial score (nSPS) is 22.9. The molecule has 0 saturated carbocycles. The molecule has 20 heavy (non-hydrogen) atoms. The van der Waals surface area contributed by atoms with Gasteiger partial charge in [0.05, 0.1) is 5.60 Å². The van der Waals surface area contributed by atoms with Crippen LogP contribution in [0.1, 0.15) is 42.9 Å². The van der Waals surface area contributed by atoms with E-state index in [0.29, 0.717) is 16.7 Å². The monoisotopic (exact) mass is 298 g/mol. The SMILES string of the molecule is CCCNc1nnc(C(=O)N2CCCC(C)(OC)C2)s1. The highest BCUT2D eigenvalue weighted by Gasteiger charge is 2.34. The maximum Gasteiger partial charge on any atom is 0.285 e. The van der Waals surface area contributed by atoms with Crippen molar-refractivity contribution >= 4 is 22.4 Å². The van der Waals surface area contributed by atoms with Gasteiger partial charge in [0.25, 0.3) is 5.91 Å². The summed E-state index contributed by atoms with van der Waals surface area (Å²) in [4.78, 5) is 14.3. The predicted molar refractivity (Wildman–Crippen MR) is 79.2 cm³/mol. The molecule has 0 bridgehead atoms. The van der Waals surface area contributed by atoms with Gasteiger partial charge < -0.3 is 15.0 Å². The van der Waals surface area contributed by atoms with E-state index >= 15 is 0 Å². The summed E-state index contributed by atoms with van der Waals surface area (Å²) in [6.07, 6.45) is 2.95. The fourth-order valence-corrected chi connectivity index (χ4v) is 3.03. The summed E-state index contributed by atoms with van der Waals surface area (Å²) in [5, 5.41) is 12.3. The molecule has 1 atom stereocenters. The number of carbonyl (C=O) groups excluding carboxylic acids is 1. The van der Waals surface area contributed by atoms with Gasteiger partial charge in [0.2, 0.25) is 10.1 Å². The van der Waals surface area contributed by atoms with Crippen molar-refractivity contribution in [3.8, 4) is 0 Å². The Morgan fingerprint density at radius 1 is 1.55 bits per heavy atom. The molecule has 1 aliphatic heterocycles. The van der Waals surface area contributed by atoms with Crippen LogP contribution in [0, 0.1) is 0 Å². The van der Waals surface area contributed by atoms with Crippen molar-refractivity contribution in [1.82, 2.24) is 15.1 Å². The number of methoxy groups -OCH3 is 1. The Kier molecular flexibility index (Phi) is 4.93. The molecule has 1 N–H and O–H groups in total. The summed E-state index contributed by atoms with van der Waals surface area (Å²) in [5.74, 6) is -0.0463. The minimum Gasteiger partial charge on any atom is -0.377 e. The number of carbonyl (C=O) groups is 1. The summed E-state index contributed by atoms with van der Waals surface area (Å²) in [7, 11) is 1.70. The molecule has 6 nitrogen and oxygen atoms in total. The van der Waals surface area contributed by atoms with Crippen LogP contribution in [0.3, 0.4) is 0 Å². The molecule has 1 fully saturated rings. The summed E-state index contributed by atoms with van der Waals surface area (Å²) < 4.78 is 5.51. The van der Waals surface area contributed by atoms with Gasteiger partial charge in [-0.3, -0.25) is 4.79 Å². The standard InChI is InChI=1S/C13H22N4O2S/c1-4-7-14-12-16-15-10(20-12)11(18)17-8-5-6-13(2,9-17)19-3/h4-9H2,1-3H3,(H,14,16). The lowest BCUT2D eigenvalue weighted by Crippen LogP contribution is -2.49. The zero-order valence-corrected chi connectivity index (χ0v) is 13.1. The highest BCUT2D eigenvalue weighted by atomic mass is 32.1. The number of hydrogen-bond donors (Lipinski definition) is 1. The van der Waals surface area contributed by atoms with E-state index in [1.54, 1.807) is 7.11 Å². The molecule has 1 aliphatic rings. The smallest absolute Gasteiger partial charge is 0.285 e. The van der Waals surface area contributed by atoms with Gasteiger partial charge in [-0.05, 0) is 26.2 Å². The van der Waals surface area contributed by atoms with Gasteiger partial charge in [-0.2, -0.15) is 0 Å². The number of ether oxygens (including phenoxy) is 1. The van der Waals surface area contributed by atoms with E-state index in [2.05, 4.69) is 22.4 Å². The Bertz CT molecular complexity index is 465. The molecule has 1 unspecified atom stereocenters. The Morgan fingerprint density at radius 3 is 3.05 bits per heavy atom. The van der Waals surface area contributed by atoms with Crippen molar-refractivity contribution in [2.45, 2.75) is 38.7 Å². The zero-order chi connectivity index (χ0) is 14.6. The van der Waals surface area contributed by atoms with Crippen molar-refractivity contribution in [2.24, 2.45) is 0 Å². The Morgan fingerprint density at radius 2 is 2.35 bits per heavy atom. The second-order valence-corrected chi connectivity index (χ2v) is 6.30. The fourth-order valence-electron chi connectivity index (χ4n) is 2.29. The molecule has 1 amide bonds. The minimum absolute atomic E-state index is 0.0463. The number of likely N-dealkylation sites (tertiary alicyclic amines) is 1. The lowest BCUT2D eigenvalue weighted by atomic mass is 9.95. The third-order valence-corrected chi connectivity index (χ3v) is 4.44. The van der Waals surface area contributed by atoms with Gasteiger partial charge >= 0.3 is 0 Å². The number of amides is 1. The number of aromatic nitrogens is 2. The van der Waals surface area contributed by atoms with E-state index in [4.69, 9.17) is 4.74 Å². The van der Waals surface area contributed by atoms with Crippen LogP contribution in [-0.2, 0) is 4.74 Å². The molecule has 2 heterocycles. The van der Waals surface area contributed by atoms with E-state index < -0.39 is 0 Å². The first-order valence-electron chi connectivity index (χ1n) is 7.00. The Hall–Kier alpha value is -1.21. The third-order valence-electron chi connectivity index (χ3n) is 3.57. The van der Waals surface area contributed by atoms with Gasteiger partial charge in [0.1, 0.15) is 0 Å². The highest BCUT2D eigenvalue weighted by Crippen LogP contribution is 2.26. The summed E-state index contributed by atoms with van der Waals surface area (Å²) in [5.41, 5.74) is -0.248. The van der Waals surface area contributed by atoms with Crippen LogP contribution in [0.15, 0.2) is 0 Å². The molecule has 112 valence electrons. The topological polar surface area (TPSA) is 67.4 Å². The van der Waals surface area contributed by atoms with Gasteiger partial charge in [0, 0.05) is 26.7 Å². The first kappa shape index (κ1) is 15.2. The van der Waals surface area contributed by atoms with Crippen molar-refractivity contribution < 1.29 is 9.53 Å². The average Bonchev–Trinajstić information content (AvgIpc) is 2.93. The lowest BCUT2D eigenvalue weighted by Gasteiger charge is -2.39. The van der Waals surface area contributed by atoms with Crippen LogP contribution in [0.4, 0.5) is 5.13 Å². The second kappa shape index (κ2) is 6.49. The van der Waals surface area contributed by atoms with E-state index in [0.717, 1.165) is 32.4 Å². The summed E-state index contributed by atoms with van der Waals surface area (Å²) in [6.45, 7) is 6.34. The number of piperidine rings is 1. The molecular weight excluding hydrogens is 276 g/mol. The Labute approximate surface area is 123 Å². The maximum atomic E-state index is 12.4. The zero-order valence-electron chi connectivity index (χ0n) is 12.3. The van der Waals surface area contributed by atoms with E-state index in [9.17, 15) is 4.79 Å². The molecule has 1 saturated heterocycles. The molecule has 0 spiro atoms. The van der Waals surface area contributed by atoms with E-state index in [-0.39, 0.29) is 11.5 Å². The van der Waals surface area contributed by atoms with E-state index in [1.165, 1.54) is 11.3 Å². The van der Waals surface area contributed by atoms with Crippen molar-refractivity contribution in [1.29, 1.82) is 0 Å². The summed E-state index contributed by atoms with van der Waals surface area (Å²) >= 11 is 1.32. The van der Waals surface area contributed by atoms with Gasteiger partial charge in [-0.15, -0.1) is 10.2 Å². The molecule has 0 aromatic carbocycles. The number of hydrogen-bond acceptors (Lipinski definition) is 6. The van der Waals surface area contributed by atoms with Gasteiger partial charge in [0.15, 0.2) is 0 Å². The average molecular weight is 298 g/mol. The first-order chi connectivity index (χ1) is 9.58. The minimum atomic E-state index is -0.248. The summed E-state index contributed by atoms with van der Waals surface area (Å²) in [6, 6.07) is 0. The third kappa shape index (κ3) is 3.46. The van der Waals surface area contributed by atoms with Crippen molar-refractivity contribution in [2.75, 3.05) is 32.1 Å². The molecule has 1 aromatic heterocycles. The predicted octanol–water partition coefficient (Wildman–Crippen LogP) is 2.00. The van der Waals surface area contributed by atoms with Crippen LogP contribution in [0.5, 0.6) is 0 Å². The number of nitrogens with zero attached hydrogens (tertiary/aromatic N) is 3.